The average Bonchev–Trinajstić information content (AvgIpc) is 2.38. The van der Waals surface area contributed by atoms with Crippen molar-refractivity contribution in [3.63, 3.8) is 0 Å². The van der Waals surface area contributed by atoms with Crippen LogP contribution in [0.25, 0.3) is 0 Å². The molecule has 0 radical (unpaired) electrons. The largest absolute Gasteiger partial charge is 0.483 e. The number of ether oxygens (including phenoxy) is 1. The zero-order chi connectivity index (χ0) is 15.2. The Morgan fingerprint density at radius 3 is 2.70 bits per heavy atom. The summed E-state index contributed by atoms with van der Waals surface area (Å²) < 4.78 is 5.63. The van der Waals surface area contributed by atoms with Crippen molar-refractivity contribution in [2.24, 2.45) is 5.73 Å². The Morgan fingerprint density at radius 2 is 2.10 bits per heavy atom. The standard InChI is InChI=1S/C16H26N2O2/c1-5-16(3,4)18-15(19)11-20-14-7-6-12(2)10-13(14)8-9-17/h6-7,10H,5,8-9,11,17H2,1-4H3,(H,18,19). The van der Waals surface area contributed by atoms with E-state index in [0.29, 0.717) is 6.54 Å². The first-order valence-electron chi connectivity index (χ1n) is 7.11. The highest BCUT2D eigenvalue weighted by atomic mass is 16.5. The molecule has 20 heavy (non-hydrogen) atoms. The van der Waals surface area contributed by atoms with E-state index in [4.69, 9.17) is 10.5 Å². The van der Waals surface area contributed by atoms with Gasteiger partial charge in [0.2, 0.25) is 0 Å². The van der Waals surface area contributed by atoms with Crippen LogP contribution in [0.1, 0.15) is 38.3 Å². The van der Waals surface area contributed by atoms with E-state index in [9.17, 15) is 4.79 Å². The molecule has 0 aliphatic heterocycles. The van der Waals surface area contributed by atoms with Crippen molar-refractivity contribution >= 4 is 5.91 Å². The van der Waals surface area contributed by atoms with E-state index in [-0.39, 0.29) is 18.1 Å². The fourth-order valence-corrected chi connectivity index (χ4v) is 1.85. The van der Waals surface area contributed by atoms with Crippen molar-refractivity contribution in [1.82, 2.24) is 5.32 Å². The van der Waals surface area contributed by atoms with Crippen LogP contribution in [0.4, 0.5) is 0 Å². The van der Waals surface area contributed by atoms with Gasteiger partial charge in [0.25, 0.3) is 5.91 Å². The van der Waals surface area contributed by atoms with Crippen LogP contribution in [0.2, 0.25) is 0 Å². The first kappa shape index (κ1) is 16.5. The summed E-state index contributed by atoms with van der Waals surface area (Å²) in [5.41, 5.74) is 7.62. The molecule has 0 spiro atoms. The lowest BCUT2D eigenvalue weighted by atomic mass is 10.0. The number of rotatable bonds is 7. The molecule has 0 bridgehead atoms. The Bertz CT molecular complexity index is 456. The lowest BCUT2D eigenvalue weighted by Gasteiger charge is -2.24. The summed E-state index contributed by atoms with van der Waals surface area (Å²) in [4.78, 5) is 11.9. The first-order chi connectivity index (χ1) is 9.38. The minimum absolute atomic E-state index is 0.0318. The minimum atomic E-state index is -0.201. The van der Waals surface area contributed by atoms with Crippen LogP contribution in [0.15, 0.2) is 18.2 Å². The topological polar surface area (TPSA) is 64.3 Å². The molecule has 1 aromatic carbocycles. The summed E-state index contributed by atoms with van der Waals surface area (Å²) in [6, 6.07) is 5.93. The molecule has 1 rings (SSSR count). The van der Waals surface area contributed by atoms with E-state index in [0.717, 1.165) is 29.7 Å². The van der Waals surface area contributed by atoms with Gasteiger partial charge in [0.15, 0.2) is 6.61 Å². The van der Waals surface area contributed by atoms with Crippen molar-refractivity contribution < 1.29 is 9.53 Å². The van der Waals surface area contributed by atoms with E-state index < -0.39 is 0 Å². The minimum Gasteiger partial charge on any atom is -0.483 e. The van der Waals surface area contributed by atoms with Crippen molar-refractivity contribution in [3.05, 3.63) is 29.3 Å². The number of hydrogen-bond donors (Lipinski definition) is 2. The van der Waals surface area contributed by atoms with Crippen molar-refractivity contribution in [2.45, 2.75) is 46.1 Å². The number of aryl methyl sites for hydroxylation is 1. The van der Waals surface area contributed by atoms with E-state index in [1.54, 1.807) is 0 Å². The summed E-state index contributed by atoms with van der Waals surface area (Å²) in [5, 5.41) is 2.95. The fourth-order valence-electron chi connectivity index (χ4n) is 1.85. The Balaban J connectivity index is 2.63. The second-order valence-electron chi connectivity index (χ2n) is 5.72. The molecule has 4 heteroatoms. The van der Waals surface area contributed by atoms with E-state index in [2.05, 4.69) is 11.4 Å². The van der Waals surface area contributed by atoms with Gasteiger partial charge in [-0.2, -0.15) is 0 Å². The molecule has 0 heterocycles. The van der Waals surface area contributed by atoms with Gasteiger partial charge in [0, 0.05) is 5.54 Å². The number of amides is 1. The summed E-state index contributed by atoms with van der Waals surface area (Å²) in [6.45, 7) is 8.66. The van der Waals surface area contributed by atoms with Crippen LogP contribution in [0.3, 0.4) is 0 Å². The Labute approximate surface area is 121 Å². The highest BCUT2D eigenvalue weighted by molar-refractivity contribution is 5.78. The number of nitrogens with one attached hydrogen (secondary N) is 1. The molecule has 1 aromatic rings. The maximum Gasteiger partial charge on any atom is 0.258 e. The second-order valence-corrected chi connectivity index (χ2v) is 5.72. The molecule has 3 N–H and O–H groups in total. The molecule has 0 saturated carbocycles. The van der Waals surface area contributed by atoms with Crippen LogP contribution < -0.4 is 15.8 Å². The predicted octanol–water partition coefficient (Wildman–Crippen LogP) is 2.18. The fraction of sp³-hybridized carbons (Fsp3) is 0.562. The van der Waals surface area contributed by atoms with Gasteiger partial charge in [-0.05, 0) is 51.8 Å². The maximum atomic E-state index is 11.9. The van der Waals surface area contributed by atoms with Gasteiger partial charge >= 0.3 is 0 Å². The van der Waals surface area contributed by atoms with Crippen LogP contribution in [-0.2, 0) is 11.2 Å². The predicted molar refractivity (Wildman–Crippen MR) is 81.9 cm³/mol. The van der Waals surface area contributed by atoms with E-state index >= 15 is 0 Å². The summed E-state index contributed by atoms with van der Waals surface area (Å²) in [5.74, 6) is 0.640. The second kappa shape index (κ2) is 7.29. The van der Waals surface area contributed by atoms with Crippen LogP contribution in [0.5, 0.6) is 5.75 Å². The molecule has 0 saturated heterocycles. The Morgan fingerprint density at radius 1 is 1.40 bits per heavy atom. The number of carbonyl (C=O) groups excluding carboxylic acids is 1. The number of carbonyl (C=O) groups is 1. The monoisotopic (exact) mass is 278 g/mol. The third-order valence-corrected chi connectivity index (χ3v) is 3.35. The Kier molecular flexibility index (Phi) is 6.02. The smallest absolute Gasteiger partial charge is 0.258 e. The molecule has 0 unspecified atom stereocenters. The quantitative estimate of drug-likeness (QED) is 0.803. The SMILES string of the molecule is CCC(C)(C)NC(=O)COc1ccc(C)cc1CCN. The number of hydrogen-bond acceptors (Lipinski definition) is 3. The summed E-state index contributed by atoms with van der Waals surface area (Å²) in [7, 11) is 0. The molecule has 0 aliphatic carbocycles. The number of benzene rings is 1. The molecule has 112 valence electrons. The molecule has 4 nitrogen and oxygen atoms in total. The molecular formula is C16H26N2O2. The van der Waals surface area contributed by atoms with Crippen molar-refractivity contribution in [2.75, 3.05) is 13.2 Å². The molecule has 0 aliphatic rings. The lowest BCUT2D eigenvalue weighted by molar-refractivity contribution is -0.124. The summed E-state index contributed by atoms with van der Waals surface area (Å²) in [6.07, 6.45) is 1.63. The van der Waals surface area contributed by atoms with Gasteiger partial charge in [-0.25, -0.2) is 0 Å². The van der Waals surface area contributed by atoms with Gasteiger partial charge in [0.1, 0.15) is 5.75 Å². The van der Waals surface area contributed by atoms with Crippen LogP contribution in [-0.4, -0.2) is 24.6 Å². The molecule has 0 fully saturated rings. The average molecular weight is 278 g/mol. The first-order valence-corrected chi connectivity index (χ1v) is 7.11. The number of nitrogens with two attached hydrogens (primary N) is 1. The van der Waals surface area contributed by atoms with Gasteiger partial charge in [-0.1, -0.05) is 24.6 Å². The zero-order valence-corrected chi connectivity index (χ0v) is 13.0. The van der Waals surface area contributed by atoms with Crippen LogP contribution >= 0.6 is 0 Å². The van der Waals surface area contributed by atoms with E-state index in [1.807, 2.05) is 39.8 Å². The Hall–Kier alpha value is -1.55. The molecule has 0 aromatic heterocycles. The van der Waals surface area contributed by atoms with Gasteiger partial charge in [0.05, 0.1) is 0 Å². The zero-order valence-electron chi connectivity index (χ0n) is 13.0. The van der Waals surface area contributed by atoms with E-state index in [1.165, 1.54) is 0 Å². The molecular weight excluding hydrogens is 252 g/mol. The molecule has 0 atom stereocenters. The van der Waals surface area contributed by atoms with Gasteiger partial charge < -0.3 is 15.8 Å². The highest BCUT2D eigenvalue weighted by Gasteiger charge is 2.18. The third kappa shape index (κ3) is 5.21. The van der Waals surface area contributed by atoms with Crippen molar-refractivity contribution in [3.8, 4) is 5.75 Å². The maximum absolute atomic E-state index is 11.9. The van der Waals surface area contributed by atoms with Crippen molar-refractivity contribution in [1.29, 1.82) is 0 Å². The highest BCUT2D eigenvalue weighted by Crippen LogP contribution is 2.20. The summed E-state index contributed by atoms with van der Waals surface area (Å²) >= 11 is 0. The lowest BCUT2D eigenvalue weighted by Crippen LogP contribution is -2.44. The van der Waals surface area contributed by atoms with Gasteiger partial charge in [-0.3, -0.25) is 4.79 Å². The third-order valence-electron chi connectivity index (χ3n) is 3.35. The van der Waals surface area contributed by atoms with Gasteiger partial charge in [-0.15, -0.1) is 0 Å². The molecule has 1 amide bonds. The normalized spacial score (nSPS) is 11.2. The van der Waals surface area contributed by atoms with Crippen LogP contribution in [0, 0.1) is 6.92 Å².